The van der Waals surface area contributed by atoms with E-state index in [0.717, 1.165) is 0 Å². The van der Waals surface area contributed by atoms with Gasteiger partial charge in [-0.2, -0.15) is 0 Å². The molecule has 1 aliphatic rings. The zero-order valence-corrected chi connectivity index (χ0v) is 12.3. The fourth-order valence-electron chi connectivity index (χ4n) is 2.37. The molecule has 1 N–H and O–H groups in total. The van der Waals surface area contributed by atoms with Crippen LogP contribution in [-0.4, -0.2) is 45.5 Å². The first-order valence-electron chi connectivity index (χ1n) is 7.10. The molecule has 7 nitrogen and oxygen atoms in total. The second kappa shape index (κ2) is 6.48. The number of amides is 1. The Bertz CT molecular complexity index is 649. The topological polar surface area (TPSA) is 80.2 Å². The van der Waals surface area contributed by atoms with Crippen LogP contribution in [0.3, 0.4) is 0 Å². The first kappa shape index (κ1) is 14.4. The van der Waals surface area contributed by atoms with Crippen molar-refractivity contribution in [2.24, 2.45) is 0 Å². The molecule has 0 saturated carbocycles. The maximum Gasteiger partial charge on any atom is 0.220 e. The van der Waals surface area contributed by atoms with Crippen LogP contribution in [0.15, 0.2) is 36.7 Å². The maximum absolute atomic E-state index is 11.7. The van der Waals surface area contributed by atoms with Crippen molar-refractivity contribution in [3.63, 3.8) is 0 Å². The minimum absolute atomic E-state index is 0.0000108. The molecule has 3 rings (SSSR count). The summed E-state index contributed by atoms with van der Waals surface area (Å²) in [6.45, 7) is 3.06. The molecule has 1 atom stereocenters. The number of morpholine rings is 1. The first-order chi connectivity index (χ1) is 10.7. The van der Waals surface area contributed by atoms with E-state index in [1.807, 2.05) is 18.2 Å². The standard InChI is InChI=1S/C15H17N5O2/c1-11(21)20-8-9-22-10-12(20)15-17-7-5-14(19-15)18-13-4-2-3-6-16-13/h2-7,12H,8-10H2,1H3,(H,16,17,18,19)/t12-/m1/s1. The van der Waals surface area contributed by atoms with Crippen molar-refractivity contribution in [2.75, 3.05) is 25.1 Å². The highest BCUT2D eigenvalue weighted by Gasteiger charge is 2.28. The second-order valence-electron chi connectivity index (χ2n) is 4.94. The van der Waals surface area contributed by atoms with Crippen molar-refractivity contribution >= 4 is 17.5 Å². The molecule has 22 heavy (non-hydrogen) atoms. The Morgan fingerprint density at radius 3 is 2.95 bits per heavy atom. The van der Waals surface area contributed by atoms with Gasteiger partial charge >= 0.3 is 0 Å². The van der Waals surface area contributed by atoms with Crippen molar-refractivity contribution in [2.45, 2.75) is 13.0 Å². The molecule has 114 valence electrons. The number of rotatable bonds is 3. The normalized spacial score (nSPS) is 18.0. The minimum atomic E-state index is -0.253. The number of nitrogens with one attached hydrogen (secondary N) is 1. The smallest absolute Gasteiger partial charge is 0.220 e. The summed E-state index contributed by atoms with van der Waals surface area (Å²) in [4.78, 5) is 26.5. The summed E-state index contributed by atoms with van der Waals surface area (Å²) in [5.74, 6) is 1.91. The Balaban J connectivity index is 1.82. The van der Waals surface area contributed by atoms with Crippen molar-refractivity contribution < 1.29 is 9.53 Å². The van der Waals surface area contributed by atoms with Crippen molar-refractivity contribution in [3.05, 3.63) is 42.5 Å². The van der Waals surface area contributed by atoms with Crippen LogP contribution in [0, 0.1) is 0 Å². The number of nitrogens with zero attached hydrogens (tertiary/aromatic N) is 4. The Kier molecular flexibility index (Phi) is 4.24. The Morgan fingerprint density at radius 2 is 2.18 bits per heavy atom. The van der Waals surface area contributed by atoms with Crippen LogP contribution >= 0.6 is 0 Å². The Morgan fingerprint density at radius 1 is 1.27 bits per heavy atom. The summed E-state index contributed by atoms with van der Waals surface area (Å²) in [5, 5.41) is 3.12. The largest absolute Gasteiger partial charge is 0.377 e. The monoisotopic (exact) mass is 299 g/mol. The summed E-state index contributed by atoms with van der Waals surface area (Å²) in [5.41, 5.74) is 0. The van der Waals surface area contributed by atoms with Gasteiger partial charge in [-0.05, 0) is 18.2 Å². The number of anilines is 2. The molecule has 7 heteroatoms. The predicted octanol–water partition coefficient (Wildman–Crippen LogP) is 1.53. The molecule has 0 spiro atoms. The molecule has 1 aliphatic heterocycles. The summed E-state index contributed by atoms with van der Waals surface area (Å²) >= 11 is 0. The fourth-order valence-corrected chi connectivity index (χ4v) is 2.37. The van der Waals surface area contributed by atoms with E-state index < -0.39 is 0 Å². The molecular weight excluding hydrogens is 282 g/mol. The van der Waals surface area contributed by atoms with Crippen LogP contribution in [0.25, 0.3) is 0 Å². The average Bonchev–Trinajstić information content (AvgIpc) is 2.56. The molecular formula is C15H17N5O2. The van der Waals surface area contributed by atoms with E-state index in [1.165, 1.54) is 0 Å². The lowest BCUT2D eigenvalue weighted by molar-refractivity contribution is -0.138. The summed E-state index contributed by atoms with van der Waals surface area (Å²) in [6, 6.07) is 7.11. The number of carbonyl (C=O) groups excluding carboxylic acids is 1. The van der Waals surface area contributed by atoms with E-state index in [4.69, 9.17) is 4.74 Å². The number of pyridine rings is 1. The molecule has 0 unspecified atom stereocenters. The summed E-state index contributed by atoms with van der Waals surface area (Å²) in [6.07, 6.45) is 3.37. The van der Waals surface area contributed by atoms with E-state index in [-0.39, 0.29) is 11.9 Å². The molecule has 2 aromatic rings. The van der Waals surface area contributed by atoms with Crippen molar-refractivity contribution in [3.8, 4) is 0 Å². The van der Waals surface area contributed by atoms with Gasteiger partial charge in [-0.1, -0.05) is 6.07 Å². The van der Waals surface area contributed by atoms with Crippen LogP contribution in [0.2, 0.25) is 0 Å². The van der Waals surface area contributed by atoms with Crippen molar-refractivity contribution in [1.82, 2.24) is 19.9 Å². The van der Waals surface area contributed by atoms with E-state index in [2.05, 4.69) is 20.3 Å². The van der Waals surface area contributed by atoms with Crippen molar-refractivity contribution in [1.29, 1.82) is 0 Å². The van der Waals surface area contributed by atoms with Gasteiger partial charge in [-0.3, -0.25) is 4.79 Å². The van der Waals surface area contributed by atoms with Crippen LogP contribution in [0.5, 0.6) is 0 Å². The number of ether oxygens (including phenoxy) is 1. The third kappa shape index (κ3) is 3.20. The number of hydrogen-bond donors (Lipinski definition) is 1. The Labute approximate surface area is 128 Å². The molecule has 0 aliphatic carbocycles. The van der Waals surface area contributed by atoms with Gasteiger partial charge in [-0.25, -0.2) is 15.0 Å². The van der Waals surface area contributed by atoms with Crippen LogP contribution < -0.4 is 5.32 Å². The van der Waals surface area contributed by atoms with Crippen LogP contribution in [-0.2, 0) is 9.53 Å². The SMILES string of the molecule is CC(=O)N1CCOC[C@@H]1c1nccc(Nc2ccccn2)n1. The third-order valence-electron chi connectivity index (χ3n) is 3.43. The highest BCUT2D eigenvalue weighted by atomic mass is 16.5. The average molecular weight is 299 g/mol. The Hall–Kier alpha value is -2.54. The predicted molar refractivity (Wildman–Crippen MR) is 80.5 cm³/mol. The quantitative estimate of drug-likeness (QED) is 0.926. The molecule has 2 aromatic heterocycles. The number of aromatic nitrogens is 3. The third-order valence-corrected chi connectivity index (χ3v) is 3.43. The molecule has 0 bridgehead atoms. The van der Waals surface area contributed by atoms with E-state index >= 15 is 0 Å². The van der Waals surface area contributed by atoms with Gasteiger partial charge in [0.2, 0.25) is 5.91 Å². The lowest BCUT2D eigenvalue weighted by Crippen LogP contribution is -2.43. The molecule has 0 aromatic carbocycles. The van der Waals surface area contributed by atoms with Gasteiger partial charge in [-0.15, -0.1) is 0 Å². The van der Waals surface area contributed by atoms with Gasteiger partial charge in [0.15, 0.2) is 5.82 Å². The van der Waals surface area contributed by atoms with Gasteiger partial charge in [0.1, 0.15) is 17.7 Å². The van der Waals surface area contributed by atoms with Gasteiger partial charge in [0, 0.05) is 25.9 Å². The summed E-state index contributed by atoms with van der Waals surface area (Å²) in [7, 11) is 0. The first-order valence-corrected chi connectivity index (χ1v) is 7.10. The van der Waals surface area contributed by atoms with E-state index in [9.17, 15) is 4.79 Å². The van der Waals surface area contributed by atoms with Crippen LogP contribution in [0.1, 0.15) is 18.8 Å². The van der Waals surface area contributed by atoms with Gasteiger partial charge in [0.25, 0.3) is 0 Å². The second-order valence-corrected chi connectivity index (χ2v) is 4.94. The minimum Gasteiger partial charge on any atom is -0.377 e. The van der Waals surface area contributed by atoms with E-state index in [1.54, 1.807) is 30.3 Å². The lowest BCUT2D eigenvalue weighted by Gasteiger charge is -2.33. The molecule has 3 heterocycles. The fraction of sp³-hybridized carbons (Fsp3) is 0.333. The van der Waals surface area contributed by atoms with Gasteiger partial charge < -0.3 is 15.0 Å². The molecule has 1 saturated heterocycles. The van der Waals surface area contributed by atoms with E-state index in [0.29, 0.717) is 37.2 Å². The summed E-state index contributed by atoms with van der Waals surface area (Å²) < 4.78 is 5.47. The maximum atomic E-state index is 11.7. The highest BCUT2D eigenvalue weighted by Crippen LogP contribution is 2.22. The number of hydrogen-bond acceptors (Lipinski definition) is 6. The highest BCUT2D eigenvalue weighted by molar-refractivity contribution is 5.73. The van der Waals surface area contributed by atoms with Crippen LogP contribution in [0.4, 0.5) is 11.6 Å². The zero-order valence-electron chi connectivity index (χ0n) is 12.3. The van der Waals surface area contributed by atoms with Gasteiger partial charge in [0.05, 0.1) is 13.2 Å². The number of carbonyl (C=O) groups is 1. The molecule has 1 amide bonds. The zero-order chi connectivity index (χ0) is 15.4. The lowest BCUT2D eigenvalue weighted by atomic mass is 10.2. The molecule has 1 fully saturated rings. The molecule has 0 radical (unpaired) electrons.